The Bertz CT molecular complexity index is 802. The minimum atomic E-state index is -3.82. The summed E-state index contributed by atoms with van der Waals surface area (Å²) in [4.78, 5) is 11.4. The van der Waals surface area contributed by atoms with Crippen molar-refractivity contribution in [3.63, 3.8) is 0 Å². The Balaban J connectivity index is 2.27. The van der Waals surface area contributed by atoms with Crippen LogP contribution in [0.5, 0.6) is 0 Å². The number of hydrogen-bond donors (Lipinski definition) is 2. The third-order valence-electron chi connectivity index (χ3n) is 3.05. The van der Waals surface area contributed by atoms with Gasteiger partial charge in [-0.05, 0) is 55.0 Å². The van der Waals surface area contributed by atoms with Gasteiger partial charge in [-0.1, -0.05) is 0 Å². The molecule has 2 rings (SSSR count). The summed E-state index contributed by atoms with van der Waals surface area (Å²) < 4.78 is 40.1. The Kier molecular flexibility index (Phi) is 4.46. The summed E-state index contributed by atoms with van der Waals surface area (Å²) in [5, 5.41) is 2.47. The number of carbonyl (C=O) groups is 1. The van der Waals surface area contributed by atoms with Crippen LogP contribution in [-0.2, 0) is 10.0 Å². The number of amides is 1. The number of sulfonamides is 1. The molecule has 22 heavy (non-hydrogen) atoms. The van der Waals surface area contributed by atoms with Crippen LogP contribution in [0.2, 0.25) is 0 Å². The summed E-state index contributed by atoms with van der Waals surface area (Å²) in [6, 6.07) is 9.45. The van der Waals surface area contributed by atoms with Gasteiger partial charge in [-0.25, -0.2) is 12.8 Å². The highest BCUT2D eigenvalue weighted by molar-refractivity contribution is 7.92. The predicted molar refractivity (Wildman–Crippen MR) is 81.8 cm³/mol. The Morgan fingerprint density at radius 2 is 1.73 bits per heavy atom. The van der Waals surface area contributed by atoms with Crippen molar-refractivity contribution >= 4 is 21.6 Å². The van der Waals surface area contributed by atoms with Gasteiger partial charge in [0.25, 0.3) is 15.9 Å². The quantitative estimate of drug-likeness (QED) is 0.907. The molecule has 0 heterocycles. The van der Waals surface area contributed by atoms with Gasteiger partial charge in [-0.15, -0.1) is 0 Å². The number of benzene rings is 2. The van der Waals surface area contributed by atoms with Gasteiger partial charge in [0.05, 0.1) is 4.90 Å². The van der Waals surface area contributed by atoms with Crippen LogP contribution in [0, 0.1) is 12.7 Å². The molecule has 0 saturated carbocycles. The van der Waals surface area contributed by atoms with Gasteiger partial charge in [0.2, 0.25) is 0 Å². The lowest BCUT2D eigenvalue weighted by Gasteiger charge is -2.10. The van der Waals surface area contributed by atoms with Crippen molar-refractivity contribution in [3.05, 3.63) is 59.4 Å². The highest BCUT2D eigenvalue weighted by Gasteiger charge is 2.17. The van der Waals surface area contributed by atoms with E-state index in [0.29, 0.717) is 16.8 Å². The molecule has 0 aliphatic carbocycles. The highest BCUT2D eigenvalue weighted by Crippen LogP contribution is 2.20. The fourth-order valence-corrected chi connectivity index (χ4v) is 3.24. The SMILES string of the molecule is CNC(=O)c1ccc(NS(=O)(=O)c2ccc(F)cc2C)cc1. The van der Waals surface area contributed by atoms with E-state index in [9.17, 15) is 17.6 Å². The first kappa shape index (κ1) is 16.0. The molecule has 0 atom stereocenters. The molecule has 116 valence electrons. The van der Waals surface area contributed by atoms with Gasteiger partial charge in [-0.3, -0.25) is 9.52 Å². The number of halogens is 1. The zero-order chi connectivity index (χ0) is 16.3. The maximum Gasteiger partial charge on any atom is 0.262 e. The normalized spacial score (nSPS) is 11.0. The smallest absolute Gasteiger partial charge is 0.262 e. The summed E-state index contributed by atoms with van der Waals surface area (Å²) in [5.74, 6) is -0.754. The predicted octanol–water partition coefficient (Wildman–Crippen LogP) is 2.29. The largest absolute Gasteiger partial charge is 0.355 e. The Labute approximate surface area is 128 Å². The summed E-state index contributed by atoms with van der Waals surface area (Å²) in [7, 11) is -2.31. The number of nitrogens with one attached hydrogen (secondary N) is 2. The Morgan fingerprint density at radius 1 is 1.09 bits per heavy atom. The minimum Gasteiger partial charge on any atom is -0.355 e. The van der Waals surface area contributed by atoms with Gasteiger partial charge in [0.1, 0.15) is 5.82 Å². The molecular weight excluding hydrogens is 307 g/mol. The maximum atomic E-state index is 13.1. The zero-order valence-corrected chi connectivity index (χ0v) is 12.9. The molecular formula is C15H15FN2O3S. The van der Waals surface area contributed by atoms with E-state index in [-0.39, 0.29) is 10.8 Å². The van der Waals surface area contributed by atoms with Crippen molar-refractivity contribution < 1.29 is 17.6 Å². The summed E-state index contributed by atoms with van der Waals surface area (Å²) in [6.45, 7) is 1.52. The third kappa shape index (κ3) is 3.43. The number of hydrogen-bond acceptors (Lipinski definition) is 3. The van der Waals surface area contributed by atoms with Crippen LogP contribution in [0.25, 0.3) is 0 Å². The molecule has 2 aromatic rings. The summed E-state index contributed by atoms with van der Waals surface area (Å²) in [6.07, 6.45) is 0. The molecule has 0 aliphatic rings. The maximum absolute atomic E-state index is 13.1. The van der Waals surface area contributed by atoms with E-state index in [0.717, 1.165) is 12.1 Å². The first-order valence-electron chi connectivity index (χ1n) is 6.44. The van der Waals surface area contributed by atoms with E-state index >= 15 is 0 Å². The van der Waals surface area contributed by atoms with Crippen LogP contribution >= 0.6 is 0 Å². The summed E-state index contributed by atoms with van der Waals surface area (Å²) >= 11 is 0. The van der Waals surface area contributed by atoms with E-state index in [1.165, 1.54) is 44.3 Å². The van der Waals surface area contributed by atoms with Crippen LogP contribution in [0.3, 0.4) is 0 Å². The first-order chi connectivity index (χ1) is 10.3. The third-order valence-corrected chi connectivity index (χ3v) is 4.59. The van der Waals surface area contributed by atoms with Gasteiger partial charge in [0.15, 0.2) is 0 Å². The van der Waals surface area contributed by atoms with Crippen molar-refractivity contribution in [3.8, 4) is 0 Å². The van der Waals surface area contributed by atoms with E-state index in [1.807, 2.05) is 0 Å². The topological polar surface area (TPSA) is 75.3 Å². The molecule has 7 heteroatoms. The highest BCUT2D eigenvalue weighted by atomic mass is 32.2. The second-order valence-corrected chi connectivity index (χ2v) is 6.32. The van der Waals surface area contributed by atoms with Crippen molar-refractivity contribution in [2.45, 2.75) is 11.8 Å². The number of rotatable bonds is 4. The fraction of sp³-hybridized carbons (Fsp3) is 0.133. The van der Waals surface area contributed by atoms with Gasteiger partial charge >= 0.3 is 0 Å². The van der Waals surface area contributed by atoms with Gasteiger partial charge in [-0.2, -0.15) is 0 Å². The molecule has 0 radical (unpaired) electrons. The second kappa shape index (κ2) is 6.15. The average molecular weight is 322 g/mol. The summed E-state index contributed by atoms with van der Waals surface area (Å²) in [5.41, 5.74) is 1.05. The second-order valence-electron chi connectivity index (χ2n) is 4.67. The molecule has 0 aliphatic heterocycles. The van der Waals surface area contributed by atoms with Crippen LogP contribution in [0.15, 0.2) is 47.4 Å². The molecule has 0 fully saturated rings. The van der Waals surface area contributed by atoms with E-state index in [1.54, 1.807) is 0 Å². The van der Waals surface area contributed by atoms with Crippen molar-refractivity contribution in [2.75, 3.05) is 11.8 Å². The Hall–Kier alpha value is -2.41. The van der Waals surface area contributed by atoms with Gasteiger partial charge < -0.3 is 5.32 Å². The molecule has 1 amide bonds. The fourth-order valence-electron chi connectivity index (χ4n) is 1.96. The van der Waals surface area contributed by atoms with Crippen LogP contribution in [-0.4, -0.2) is 21.4 Å². The zero-order valence-electron chi connectivity index (χ0n) is 12.1. The monoisotopic (exact) mass is 322 g/mol. The molecule has 0 unspecified atom stereocenters. The molecule has 0 aromatic heterocycles. The first-order valence-corrected chi connectivity index (χ1v) is 7.93. The van der Waals surface area contributed by atoms with Crippen LogP contribution in [0.4, 0.5) is 10.1 Å². The van der Waals surface area contributed by atoms with E-state index < -0.39 is 15.8 Å². The van der Waals surface area contributed by atoms with Crippen LogP contribution < -0.4 is 10.0 Å². The van der Waals surface area contributed by atoms with E-state index in [4.69, 9.17) is 0 Å². The molecule has 0 saturated heterocycles. The Morgan fingerprint density at radius 3 is 2.27 bits per heavy atom. The molecule has 2 N–H and O–H groups in total. The number of aryl methyl sites for hydroxylation is 1. The molecule has 0 spiro atoms. The number of carbonyl (C=O) groups excluding carboxylic acids is 1. The van der Waals surface area contributed by atoms with Crippen LogP contribution in [0.1, 0.15) is 15.9 Å². The average Bonchev–Trinajstić information content (AvgIpc) is 2.46. The molecule has 0 bridgehead atoms. The lowest BCUT2D eigenvalue weighted by molar-refractivity contribution is 0.0963. The molecule has 2 aromatic carbocycles. The number of anilines is 1. The standard InChI is InChI=1S/C15H15FN2O3S/c1-10-9-12(16)5-8-14(10)22(20,21)18-13-6-3-11(4-7-13)15(19)17-2/h3-9,18H,1-2H3,(H,17,19). The van der Waals surface area contributed by atoms with Gasteiger partial charge in [0, 0.05) is 18.3 Å². The lowest BCUT2D eigenvalue weighted by Crippen LogP contribution is -2.18. The van der Waals surface area contributed by atoms with E-state index in [2.05, 4.69) is 10.0 Å². The van der Waals surface area contributed by atoms with Crippen molar-refractivity contribution in [2.24, 2.45) is 0 Å². The minimum absolute atomic E-state index is 0.00396. The van der Waals surface area contributed by atoms with Crippen molar-refractivity contribution in [1.29, 1.82) is 0 Å². The van der Waals surface area contributed by atoms with Crippen molar-refractivity contribution in [1.82, 2.24) is 5.32 Å². The lowest BCUT2D eigenvalue weighted by atomic mass is 10.2. The molecule has 5 nitrogen and oxygen atoms in total.